The Morgan fingerprint density at radius 2 is 1.87 bits per heavy atom. The second-order valence-corrected chi connectivity index (χ2v) is 11.3. The lowest BCUT2D eigenvalue weighted by molar-refractivity contribution is -0.265. The molecule has 13 heteroatoms. The summed E-state index contributed by atoms with van der Waals surface area (Å²) in [5.41, 5.74) is -5.41. The van der Waals surface area contributed by atoms with E-state index >= 15 is 0 Å². The highest BCUT2D eigenvalue weighted by Crippen LogP contribution is 2.48. The molecule has 0 radical (unpaired) electrons. The zero-order chi connectivity index (χ0) is 32.1. The van der Waals surface area contributed by atoms with Gasteiger partial charge in [0.05, 0.1) is 18.3 Å². The highest BCUT2D eigenvalue weighted by atomic mass is 19.4. The summed E-state index contributed by atoms with van der Waals surface area (Å²) >= 11 is 0. The minimum Gasteiger partial charge on any atom is -0.489 e. The standard InChI is InChI=1S/C32H28F4N4O5/c1-30(29(42)37-2)16-44-27-22(30)14-24(40-26(27)17-5-7-20(33)8-6-17)31(43,32(34,35)36)15-39-28(41)19-12-18-4-3-11-38-25(18)23(13-19)45-21-9-10-21/h3-8,11-14,21,43H,9-10,15-16H2,1-2H3,(H,37,42)(H,39,41). The predicted octanol–water partition coefficient (Wildman–Crippen LogP) is 4.55. The van der Waals surface area contributed by atoms with Gasteiger partial charge in [0, 0.05) is 35.3 Å². The maximum absolute atomic E-state index is 14.8. The Kier molecular flexibility index (Phi) is 7.39. The SMILES string of the molecule is CNC(=O)C1(C)COc2c1cc(C(O)(CNC(=O)c1cc(OC3CC3)c3ncccc3c1)C(F)(F)F)nc2-c1ccc(F)cc1. The molecule has 0 bridgehead atoms. The molecule has 3 N–H and O–H groups in total. The fourth-order valence-electron chi connectivity index (χ4n) is 5.25. The van der Waals surface area contributed by atoms with Gasteiger partial charge >= 0.3 is 6.18 Å². The van der Waals surface area contributed by atoms with Crippen LogP contribution < -0.4 is 20.1 Å². The number of hydrogen-bond acceptors (Lipinski definition) is 7. The number of pyridine rings is 2. The first-order chi connectivity index (χ1) is 21.3. The van der Waals surface area contributed by atoms with E-state index in [4.69, 9.17) is 9.47 Å². The number of rotatable bonds is 8. The molecule has 9 nitrogen and oxygen atoms in total. The van der Waals surface area contributed by atoms with Gasteiger partial charge in [0.15, 0.2) is 0 Å². The third-order valence-corrected chi connectivity index (χ3v) is 8.07. The van der Waals surface area contributed by atoms with E-state index in [1.807, 2.05) is 0 Å². The van der Waals surface area contributed by atoms with E-state index in [2.05, 4.69) is 20.6 Å². The molecule has 2 atom stereocenters. The quantitative estimate of drug-likeness (QED) is 0.246. The van der Waals surface area contributed by atoms with Crippen LogP contribution in [0.4, 0.5) is 17.6 Å². The van der Waals surface area contributed by atoms with Gasteiger partial charge in [-0.05, 0) is 68.3 Å². The van der Waals surface area contributed by atoms with Gasteiger partial charge in [0.1, 0.15) is 40.5 Å². The highest BCUT2D eigenvalue weighted by molar-refractivity contribution is 6.00. The Balaban J connectivity index is 1.41. The van der Waals surface area contributed by atoms with Gasteiger partial charge in [-0.1, -0.05) is 6.07 Å². The number of likely N-dealkylation sites (N-methyl/N-ethyl adjacent to an activating group) is 1. The first kappa shape index (κ1) is 30.3. The van der Waals surface area contributed by atoms with E-state index in [-0.39, 0.29) is 40.8 Å². The first-order valence-electron chi connectivity index (χ1n) is 14.1. The Bertz CT molecular complexity index is 1810. The number of ether oxygens (including phenoxy) is 2. The summed E-state index contributed by atoms with van der Waals surface area (Å²) in [7, 11) is 1.38. The topological polar surface area (TPSA) is 123 Å². The molecule has 6 rings (SSSR count). The lowest BCUT2D eigenvalue weighted by atomic mass is 9.81. The molecule has 0 saturated heterocycles. The summed E-state index contributed by atoms with van der Waals surface area (Å²) in [4.78, 5) is 34.6. The maximum Gasteiger partial charge on any atom is 0.424 e. The normalized spacial score (nSPS) is 18.9. The second kappa shape index (κ2) is 11.0. The van der Waals surface area contributed by atoms with Crippen molar-refractivity contribution in [3.05, 3.63) is 83.4 Å². The van der Waals surface area contributed by atoms with Crippen molar-refractivity contribution in [2.45, 2.75) is 43.1 Å². The van der Waals surface area contributed by atoms with Crippen molar-refractivity contribution in [3.8, 4) is 22.8 Å². The minimum absolute atomic E-state index is 0.00480. The third kappa shape index (κ3) is 5.41. The number of amides is 2. The number of carbonyl (C=O) groups excluding carboxylic acids is 2. The molecule has 1 aliphatic carbocycles. The zero-order valence-corrected chi connectivity index (χ0v) is 24.2. The Labute approximate surface area is 254 Å². The van der Waals surface area contributed by atoms with Crippen molar-refractivity contribution >= 4 is 22.7 Å². The minimum atomic E-state index is -5.34. The zero-order valence-electron chi connectivity index (χ0n) is 24.2. The van der Waals surface area contributed by atoms with Crippen molar-refractivity contribution in [1.29, 1.82) is 0 Å². The fourth-order valence-corrected chi connectivity index (χ4v) is 5.25. The predicted molar refractivity (Wildman–Crippen MR) is 154 cm³/mol. The van der Waals surface area contributed by atoms with Crippen molar-refractivity contribution in [2.75, 3.05) is 20.2 Å². The van der Waals surface area contributed by atoms with Crippen LogP contribution in [0.1, 0.15) is 41.4 Å². The van der Waals surface area contributed by atoms with E-state index in [1.165, 1.54) is 38.2 Å². The van der Waals surface area contributed by atoms with Crippen LogP contribution in [0.15, 0.2) is 60.8 Å². The lowest BCUT2D eigenvalue weighted by Crippen LogP contribution is -2.52. The van der Waals surface area contributed by atoms with Crippen LogP contribution in [0, 0.1) is 5.82 Å². The molecule has 2 amide bonds. The summed E-state index contributed by atoms with van der Waals surface area (Å²) in [6, 6.07) is 12.0. The third-order valence-electron chi connectivity index (χ3n) is 8.07. The number of nitrogens with one attached hydrogen (secondary N) is 2. The second-order valence-electron chi connectivity index (χ2n) is 11.3. The van der Waals surface area contributed by atoms with Gasteiger partial charge in [0.25, 0.3) is 5.91 Å². The summed E-state index contributed by atoms with van der Waals surface area (Å²) in [5.74, 6) is -1.68. The summed E-state index contributed by atoms with van der Waals surface area (Å²) < 4.78 is 69.8. The van der Waals surface area contributed by atoms with E-state index in [0.29, 0.717) is 16.7 Å². The maximum atomic E-state index is 14.8. The van der Waals surface area contributed by atoms with Crippen LogP contribution in [0.25, 0.3) is 22.2 Å². The number of benzene rings is 2. The number of aliphatic hydroxyl groups is 1. The Hall–Kier alpha value is -4.78. The largest absolute Gasteiger partial charge is 0.489 e. The molecule has 1 aliphatic heterocycles. The molecule has 2 aromatic heterocycles. The number of fused-ring (bicyclic) bond motifs is 2. The van der Waals surface area contributed by atoms with Crippen LogP contribution in [0.2, 0.25) is 0 Å². The summed E-state index contributed by atoms with van der Waals surface area (Å²) in [5, 5.41) is 16.6. The molecule has 3 heterocycles. The molecule has 4 aromatic rings. The monoisotopic (exact) mass is 624 g/mol. The van der Waals surface area contributed by atoms with Crippen molar-refractivity contribution in [2.24, 2.45) is 0 Å². The van der Waals surface area contributed by atoms with E-state index in [9.17, 15) is 32.3 Å². The Morgan fingerprint density at radius 3 is 2.53 bits per heavy atom. The first-order valence-corrected chi connectivity index (χ1v) is 14.1. The van der Waals surface area contributed by atoms with Crippen LogP contribution in [-0.4, -0.2) is 59.4 Å². The molecule has 2 aliphatic rings. The number of carbonyl (C=O) groups is 2. The van der Waals surface area contributed by atoms with Crippen molar-refractivity contribution in [3.63, 3.8) is 0 Å². The average Bonchev–Trinajstić information content (AvgIpc) is 3.78. The van der Waals surface area contributed by atoms with E-state index < -0.39 is 47.1 Å². The van der Waals surface area contributed by atoms with Gasteiger partial charge in [-0.3, -0.25) is 14.6 Å². The molecule has 234 valence electrons. The van der Waals surface area contributed by atoms with Crippen LogP contribution in [0.5, 0.6) is 11.5 Å². The van der Waals surface area contributed by atoms with Crippen molar-refractivity contribution in [1.82, 2.24) is 20.6 Å². The van der Waals surface area contributed by atoms with Crippen LogP contribution in [-0.2, 0) is 15.8 Å². The fraction of sp³-hybridized carbons (Fsp3) is 0.312. The number of hydrogen-bond donors (Lipinski definition) is 3. The molecule has 45 heavy (non-hydrogen) atoms. The van der Waals surface area contributed by atoms with Crippen LogP contribution in [0.3, 0.4) is 0 Å². The number of halogens is 4. The van der Waals surface area contributed by atoms with E-state index in [1.54, 1.807) is 18.3 Å². The van der Waals surface area contributed by atoms with Gasteiger partial charge in [0.2, 0.25) is 11.5 Å². The lowest BCUT2D eigenvalue weighted by Gasteiger charge is -2.31. The molecule has 1 fully saturated rings. The smallest absolute Gasteiger partial charge is 0.424 e. The molecular weight excluding hydrogens is 596 g/mol. The molecule has 2 unspecified atom stereocenters. The molecule has 2 aromatic carbocycles. The molecular formula is C32H28F4N4O5. The summed E-state index contributed by atoms with van der Waals surface area (Å²) in [6.45, 7) is -0.0454. The van der Waals surface area contributed by atoms with Crippen molar-refractivity contribution < 1.29 is 41.7 Å². The average molecular weight is 625 g/mol. The van der Waals surface area contributed by atoms with Gasteiger partial charge in [-0.15, -0.1) is 0 Å². The summed E-state index contributed by atoms with van der Waals surface area (Å²) in [6.07, 6.45) is -2.13. The number of nitrogens with zero attached hydrogens (tertiary/aromatic N) is 2. The Morgan fingerprint density at radius 1 is 1.13 bits per heavy atom. The molecule has 0 spiro atoms. The van der Waals surface area contributed by atoms with E-state index in [0.717, 1.165) is 31.0 Å². The van der Waals surface area contributed by atoms with Gasteiger partial charge < -0.3 is 25.2 Å². The highest BCUT2D eigenvalue weighted by Gasteiger charge is 2.58. The number of alkyl halides is 3. The number of aromatic nitrogens is 2. The van der Waals surface area contributed by atoms with Crippen LogP contribution >= 0.6 is 0 Å². The van der Waals surface area contributed by atoms with Gasteiger partial charge in [-0.25, -0.2) is 9.37 Å². The molecule has 1 saturated carbocycles. The van der Waals surface area contributed by atoms with Gasteiger partial charge in [-0.2, -0.15) is 13.2 Å².